The third kappa shape index (κ3) is 5.75. The van der Waals surface area contributed by atoms with Crippen molar-refractivity contribution in [3.63, 3.8) is 0 Å². The van der Waals surface area contributed by atoms with Gasteiger partial charge >= 0.3 is 12.1 Å². The van der Waals surface area contributed by atoms with Crippen LogP contribution >= 0.6 is 15.9 Å². The Morgan fingerprint density at radius 2 is 1.85 bits per heavy atom. The number of nitrogens with one attached hydrogen (secondary N) is 1. The van der Waals surface area contributed by atoms with Gasteiger partial charge in [-0.2, -0.15) is 0 Å². The second-order valence-corrected chi connectivity index (χ2v) is 9.21. The van der Waals surface area contributed by atoms with Crippen molar-refractivity contribution >= 4 is 33.6 Å². The van der Waals surface area contributed by atoms with Gasteiger partial charge in [-0.1, -0.05) is 0 Å². The van der Waals surface area contributed by atoms with Gasteiger partial charge in [-0.05, 0) is 67.0 Å². The van der Waals surface area contributed by atoms with Gasteiger partial charge in [0.15, 0.2) is 11.5 Å². The number of carboxylic acid groups (broad SMARTS) is 1. The number of aromatic nitrogens is 2. The van der Waals surface area contributed by atoms with Crippen LogP contribution in [0.3, 0.4) is 0 Å². The highest BCUT2D eigenvalue weighted by atomic mass is 79.9. The zero-order valence-electron chi connectivity index (χ0n) is 19.0. The first-order chi connectivity index (χ1) is 15.5. The number of hydrogen-bond acceptors (Lipinski definition) is 6. The van der Waals surface area contributed by atoms with Crippen molar-refractivity contribution in [2.24, 2.45) is 0 Å². The Balaban J connectivity index is 2.08. The predicted octanol–water partition coefficient (Wildman–Crippen LogP) is 4.30. The third-order valence-corrected chi connectivity index (χ3v) is 5.19. The van der Waals surface area contributed by atoms with E-state index in [1.165, 1.54) is 7.11 Å². The molecule has 1 amide bonds. The van der Waals surface area contributed by atoms with Gasteiger partial charge in [0.05, 0.1) is 25.6 Å². The van der Waals surface area contributed by atoms with Crippen molar-refractivity contribution in [3.05, 3.63) is 46.7 Å². The van der Waals surface area contributed by atoms with Crippen molar-refractivity contribution in [2.75, 3.05) is 14.2 Å². The summed E-state index contributed by atoms with van der Waals surface area (Å²) in [4.78, 5) is 29.0. The highest BCUT2D eigenvalue weighted by Gasteiger charge is 2.27. The minimum absolute atomic E-state index is 0.0319. The van der Waals surface area contributed by atoms with Crippen molar-refractivity contribution in [3.8, 4) is 22.8 Å². The van der Waals surface area contributed by atoms with Gasteiger partial charge in [-0.25, -0.2) is 14.6 Å². The molecule has 0 spiro atoms. The number of fused-ring (bicyclic) bond motifs is 1. The SMILES string of the molecule is COc1ccc(-c2nc3ccc(Br)cn3c2CC(NC(=O)OC(C)(C)C)C(=O)O)cc1OC. The molecule has 0 fully saturated rings. The van der Waals surface area contributed by atoms with E-state index in [2.05, 4.69) is 21.2 Å². The molecule has 0 radical (unpaired) electrons. The fraction of sp³-hybridized carbons (Fsp3) is 0.348. The lowest BCUT2D eigenvalue weighted by Gasteiger charge is -2.22. The van der Waals surface area contributed by atoms with Gasteiger partial charge in [0.25, 0.3) is 0 Å². The number of carboxylic acids is 1. The van der Waals surface area contributed by atoms with Gasteiger partial charge in [-0.3, -0.25) is 0 Å². The number of methoxy groups -OCH3 is 2. The van der Waals surface area contributed by atoms with Gasteiger partial charge in [0, 0.05) is 22.7 Å². The normalized spacial score (nSPS) is 12.3. The second kappa shape index (κ2) is 9.70. The van der Waals surface area contributed by atoms with E-state index in [4.69, 9.17) is 19.2 Å². The molecule has 1 aromatic carbocycles. The minimum atomic E-state index is -1.24. The Hall–Kier alpha value is -3.27. The molecule has 1 atom stereocenters. The van der Waals surface area contributed by atoms with E-state index >= 15 is 0 Å². The molecule has 0 bridgehead atoms. The molecule has 9 nitrogen and oxygen atoms in total. The minimum Gasteiger partial charge on any atom is -0.493 e. The number of imidazole rings is 1. The number of ether oxygens (including phenoxy) is 3. The summed E-state index contributed by atoms with van der Waals surface area (Å²) in [5.41, 5.74) is 1.74. The summed E-state index contributed by atoms with van der Waals surface area (Å²) in [6, 6.07) is 7.77. The number of nitrogens with zero attached hydrogens (tertiary/aromatic N) is 2. The first kappa shape index (κ1) is 24.4. The van der Waals surface area contributed by atoms with Crippen molar-refractivity contribution in [2.45, 2.75) is 38.8 Å². The Kier molecular flexibility index (Phi) is 7.16. The average Bonchev–Trinajstić information content (AvgIpc) is 3.08. The van der Waals surface area contributed by atoms with Crippen LogP contribution in [0, 0.1) is 0 Å². The molecule has 0 aliphatic carbocycles. The molecule has 2 N–H and O–H groups in total. The van der Waals surface area contributed by atoms with Crippen LogP contribution in [-0.2, 0) is 16.0 Å². The zero-order chi connectivity index (χ0) is 24.3. The quantitative estimate of drug-likeness (QED) is 0.478. The molecule has 0 saturated heterocycles. The number of halogens is 1. The first-order valence-corrected chi connectivity index (χ1v) is 10.9. The molecule has 176 valence electrons. The molecule has 0 aliphatic rings. The molecule has 3 rings (SSSR count). The number of benzene rings is 1. The van der Waals surface area contributed by atoms with Crippen LogP contribution in [0.2, 0.25) is 0 Å². The Labute approximate surface area is 199 Å². The number of carbonyl (C=O) groups excluding carboxylic acids is 1. The molecular formula is C23H26BrN3O6. The molecule has 0 aliphatic heterocycles. The number of alkyl carbamates (subject to hydrolysis) is 1. The van der Waals surface area contributed by atoms with E-state index in [0.29, 0.717) is 34.1 Å². The van der Waals surface area contributed by atoms with Gasteiger partial charge in [0.1, 0.15) is 17.3 Å². The number of hydrogen-bond donors (Lipinski definition) is 2. The number of carbonyl (C=O) groups is 2. The van der Waals surface area contributed by atoms with Crippen molar-refractivity contribution in [1.29, 1.82) is 0 Å². The summed E-state index contributed by atoms with van der Waals surface area (Å²) in [6.45, 7) is 5.12. The van der Waals surface area contributed by atoms with Crippen LogP contribution in [0.4, 0.5) is 4.79 Å². The standard InChI is InChI=1S/C23H26BrN3O6/c1-23(2,3)33-22(30)25-15(21(28)29)11-16-20(26-19-9-7-14(24)12-27(16)19)13-6-8-17(31-4)18(10-13)32-5/h6-10,12,15H,11H2,1-5H3,(H,25,30)(H,28,29). The highest BCUT2D eigenvalue weighted by Crippen LogP contribution is 2.34. The smallest absolute Gasteiger partial charge is 0.408 e. The summed E-state index contributed by atoms with van der Waals surface area (Å²) in [6.07, 6.45) is 0.960. The fourth-order valence-corrected chi connectivity index (χ4v) is 3.66. The van der Waals surface area contributed by atoms with Gasteiger partial charge in [0.2, 0.25) is 0 Å². The molecular weight excluding hydrogens is 494 g/mol. The molecule has 0 saturated carbocycles. The molecule has 33 heavy (non-hydrogen) atoms. The topological polar surface area (TPSA) is 111 Å². The van der Waals surface area contributed by atoms with Crippen LogP contribution in [0.5, 0.6) is 11.5 Å². The third-order valence-electron chi connectivity index (χ3n) is 4.72. The molecule has 10 heteroatoms. The fourth-order valence-electron chi connectivity index (χ4n) is 3.32. The van der Waals surface area contributed by atoms with Crippen LogP contribution in [0.1, 0.15) is 26.5 Å². The molecule has 3 aromatic rings. The van der Waals surface area contributed by atoms with Crippen LogP contribution < -0.4 is 14.8 Å². The van der Waals surface area contributed by atoms with E-state index in [0.717, 1.165) is 4.47 Å². The Morgan fingerprint density at radius 3 is 2.45 bits per heavy atom. The van der Waals surface area contributed by atoms with Gasteiger partial charge < -0.3 is 29.0 Å². The maximum absolute atomic E-state index is 12.3. The van der Waals surface area contributed by atoms with Crippen LogP contribution in [0.15, 0.2) is 41.0 Å². The van der Waals surface area contributed by atoms with E-state index < -0.39 is 23.7 Å². The predicted molar refractivity (Wildman–Crippen MR) is 126 cm³/mol. The highest BCUT2D eigenvalue weighted by molar-refractivity contribution is 9.10. The lowest BCUT2D eigenvalue weighted by molar-refractivity contribution is -0.139. The summed E-state index contributed by atoms with van der Waals surface area (Å²) in [5, 5.41) is 12.3. The summed E-state index contributed by atoms with van der Waals surface area (Å²) in [5.74, 6) is -0.116. The van der Waals surface area contributed by atoms with Gasteiger partial charge in [-0.15, -0.1) is 0 Å². The van der Waals surface area contributed by atoms with E-state index in [-0.39, 0.29) is 6.42 Å². The van der Waals surface area contributed by atoms with E-state index in [1.807, 2.05) is 18.2 Å². The maximum Gasteiger partial charge on any atom is 0.408 e. The summed E-state index contributed by atoms with van der Waals surface area (Å²) < 4.78 is 18.6. The number of amides is 1. The monoisotopic (exact) mass is 519 g/mol. The zero-order valence-corrected chi connectivity index (χ0v) is 20.6. The summed E-state index contributed by atoms with van der Waals surface area (Å²) >= 11 is 3.45. The number of aliphatic carboxylic acids is 1. The first-order valence-electron chi connectivity index (χ1n) is 10.1. The summed E-state index contributed by atoms with van der Waals surface area (Å²) in [7, 11) is 3.08. The Morgan fingerprint density at radius 1 is 1.15 bits per heavy atom. The van der Waals surface area contributed by atoms with Crippen LogP contribution in [-0.4, -0.2) is 52.4 Å². The lowest BCUT2D eigenvalue weighted by Crippen LogP contribution is -2.44. The van der Waals surface area contributed by atoms with E-state index in [1.54, 1.807) is 50.6 Å². The molecule has 2 aromatic heterocycles. The largest absolute Gasteiger partial charge is 0.493 e. The Bertz CT molecular complexity index is 1180. The second-order valence-electron chi connectivity index (χ2n) is 8.29. The van der Waals surface area contributed by atoms with E-state index in [9.17, 15) is 14.7 Å². The van der Waals surface area contributed by atoms with Crippen molar-refractivity contribution < 1.29 is 28.9 Å². The lowest BCUT2D eigenvalue weighted by atomic mass is 10.0. The average molecular weight is 520 g/mol. The van der Waals surface area contributed by atoms with Crippen LogP contribution in [0.25, 0.3) is 16.9 Å². The number of rotatable bonds is 7. The molecule has 1 unspecified atom stereocenters. The maximum atomic E-state index is 12.3. The molecule has 2 heterocycles. The number of pyridine rings is 1. The van der Waals surface area contributed by atoms with Crippen molar-refractivity contribution in [1.82, 2.24) is 14.7 Å².